The van der Waals surface area contributed by atoms with Gasteiger partial charge in [0.2, 0.25) is 5.91 Å². The minimum atomic E-state index is -4.54. The smallest absolute Gasteiger partial charge is 0.416 e. The molecule has 1 amide bonds. The fraction of sp³-hybridized carbons (Fsp3) is 0.519. The molecule has 3 unspecified atom stereocenters. The average molecular weight is 502 g/mol. The van der Waals surface area contributed by atoms with Gasteiger partial charge in [-0.1, -0.05) is 49.6 Å². The number of carboxylic acids is 1. The van der Waals surface area contributed by atoms with Gasteiger partial charge in [-0.25, -0.2) is 9.78 Å². The minimum absolute atomic E-state index is 0.0376. The number of alkyl halides is 3. The lowest BCUT2D eigenvalue weighted by Gasteiger charge is -2.34. The van der Waals surface area contributed by atoms with E-state index in [0.29, 0.717) is 12.8 Å². The lowest BCUT2D eigenvalue weighted by Crippen LogP contribution is -2.47. The second-order valence-electron chi connectivity index (χ2n) is 10.4. The van der Waals surface area contributed by atoms with Gasteiger partial charge in [0.05, 0.1) is 17.6 Å². The van der Waals surface area contributed by atoms with Crippen molar-refractivity contribution in [3.8, 4) is 0 Å². The second kappa shape index (κ2) is 9.09. The van der Waals surface area contributed by atoms with Crippen molar-refractivity contribution in [2.45, 2.75) is 76.2 Å². The molecule has 1 aromatic carbocycles. The summed E-state index contributed by atoms with van der Waals surface area (Å²) in [6.07, 6.45) is 0.960. The molecule has 2 N–H and O–H groups in total. The number of hydrogen-bond donors (Lipinski definition) is 2. The summed E-state index contributed by atoms with van der Waals surface area (Å²) in [7, 11) is 0. The number of nitrogens with one attached hydrogen (secondary N) is 1. The van der Waals surface area contributed by atoms with Crippen LogP contribution in [-0.2, 0) is 15.8 Å². The first-order valence-corrected chi connectivity index (χ1v) is 12.5. The zero-order valence-electron chi connectivity index (χ0n) is 20.1. The van der Waals surface area contributed by atoms with E-state index in [1.165, 1.54) is 6.92 Å². The molecule has 1 spiro atoms. The third-order valence-electron chi connectivity index (χ3n) is 8.05. The van der Waals surface area contributed by atoms with Crippen LogP contribution in [0.1, 0.15) is 67.8 Å². The summed E-state index contributed by atoms with van der Waals surface area (Å²) >= 11 is 0. The molecule has 5 rings (SSSR count). The van der Waals surface area contributed by atoms with E-state index in [4.69, 9.17) is 0 Å². The van der Waals surface area contributed by atoms with Crippen LogP contribution in [0.3, 0.4) is 0 Å². The molecule has 6 nitrogen and oxygen atoms in total. The number of pyridine rings is 1. The molecule has 2 heterocycles. The van der Waals surface area contributed by atoms with Crippen molar-refractivity contribution in [1.82, 2.24) is 9.88 Å². The molecule has 192 valence electrons. The Morgan fingerprint density at radius 3 is 2.33 bits per heavy atom. The van der Waals surface area contributed by atoms with Gasteiger partial charge in [-0.2, -0.15) is 13.2 Å². The molecule has 3 aliphatic rings. The average Bonchev–Trinajstić information content (AvgIpc) is 3.58. The number of aliphatic carboxylic acids is 1. The van der Waals surface area contributed by atoms with Gasteiger partial charge in [0.15, 0.2) is 0 Å². The van der Waals surface area contributed by atoms with Crippen molar-refractivity contribution in [3.05, 3.63) is 59.3 Å². The maximum atomic E-state index is 13.9. The van der Waals surface area contributed by atoms with Crippen LogP contribution in [0, 0.1) is 18.3 Å². The number of rotatable bonds is 5. The summed E-state index contributed by atoms with van der Waals surface area (Å²) < 4.78 is 40.6. The highest BCUT2D eigenvalue weighted by Crippen LogP contribution is 2.63. The second-order valence-corrected chi connectivity index (χ2v) is 10.4. The summed E-state index contributed by atoms with van der Waals surface area (Å²) in [6, 6.07) is 8.87. The monoisotopic (exact) mass is 501 g/mol. The van der Waals surface area contributed by atoms with Crippen molar-refractivity contribution in [2.75, 3.05) is 5.32 Å². The summed E-state index contributed by atoms with van der Waals surface area (Å²) in [6.45, 7) is 1.50. The number of amides is 1. The topological polar surface area (TPSA) is 82.5 Å². The van der Waals surface area contributed by atoms with Gasteiger partial charge in [-0.3, -0.25) is 4.79 Å². The number of anilines is 1. The molecule has 9 heteroatoms. The van der Waals surface area contributed by atoms with E-state index in [2.05, 4.69) is 10.3 Å². The third-order valence-corrected chi connectivity index (χ3v) is 8.05. The first-order valence-electron chi connectivity index (χ1n) is 12.5. The van der Waals surface area contributed by atoms with Crippen LogP contribution in [-0.4, -0.2) is 39.0 Å². The number of aromatic nitrogens is 1. The summed E-state index contributed by atoms with van der Waals surface area (Å²) in [4.78, 5) is 32.4. The van der Waals surface area contributed by atoms with E-state index in [1.54, 1.807) is 4.90 Å². The molecule has 1 aromatic heterocycles. The van der Waals surface area contributed by atoms with E-state index < -0.39 is 41.2 Å². The van der Waals surface area contributed by atoms with Crippen LogP contribution in [0.2, 0.25) is 0 Å². The molecule has 1 aliphatic heterocycles. The number of hydrogen-bond acceptors (Lipinski definition) is 4. The van der Waals surface area contributed by atoms with E-state index >= 15 is 0 Å². The van der Waals surface area contributed by atoms with Crippen LogP contribution < -0.4 is 5.32 Å². The van der Waals surface area contributed by atoms with E-state index in [-0.39, 0.29) is 23.3 Å². The molecular formula is C27H30F3N3O3. The standard InChI is InChI=1S/C27H30F3N3O3/c1-16-14-19(27(28,29)30)15-20(31-16)32-22-21(17-8-4-2-5-9-17)33(23(25(35)36)26(22)12-13-26)24(34)18-10-6-3-7-11-18/h2,4-5,8-9,14-15,18,21-23H,3,6-7,10-13H2,1H3,(H,31,32)(H,35,36). The highest BCUT2D eigenvalue weighted by molar-refractivity contribution is 5.88. The maximum absolute atomic E-state index is 13.9. The van der Waals surface area contributed by atoms with Crippen LogP contribution >= 0.6 is 0 Å². The van der Waals surface area contributed by atoms with Crippen LogP contribution in [0.4, 0.5) is 19.0 Å². The number of carbonyl (C=O) groups excluding carboxylic acids is 1. The molecule has 2 saturated carbocycles. The zero-order chi connectivity index (χ0) is 25.7. The fourth-order valence-corrected chi connectivity index (χ4v) is 6.29. The number of carboxylic acid groups (broad SMARTS) is 1. The largest absolute Gasteiger partial charge is 0.480 e. The van der Waals surface area contributed by atoms with E-state index in [1.807, 2.05) is 30.3 Å². The highest BCUT2D eigenvalue weighted by atomic mass is 19.4. The highest BCUT2D eigenvalue weighted by Gasteiger charge is 2.69. The number of carbonyl (C=O) groups is 2. The van der Waals surface area contributed by atoms with Crippen molar-refractivity contribution in [2.24, 2.45) is 11.3 Å². The summed E-state index contributed by atoms with van der Waals surface area (Å²) in [5.74, 6) is -1.44. The molecule has 36 heavy (non-hydrogen) atoms. The first-order chi connectivity index (χ1) is 17.1. The van der Waals surface area contributed by atoms with Crippen LogP contribution in [0.25, 0.3) is 0 Å². The first kappa shape index (κ1) is 24.6. The number of likely N-dealkylation sites (tertiary alicyclic amines) is 1. The number of benzene rings is 1. The van der Waals surface area contributed by atoms with Crippen LogP contribution in [0.15, 0.2) is 42.5 Å². The van der Waals surface area contributed by atoms with Crippen molar-refractivity contribution < 1.29 is 27.9 Å². The fourth-order valence-electron chi connectivity index (χ4n) is 6.29. The normalized spacial score (nSPS) is 25.7. The van der Waals surface area contributed by atoms with Crippen molar-refractivity contribution in [3.63, 3.8) is 0 Å². The lowest BCUT2D eigenvalue weighted by molar-refractivity contribution is -0.153. The van der Waals surface area contributed by atoms with Gasteiger partial charge < -0.3 is 15.3 Å². The van der Waals surface area contributed by atoms with Gasteiger partial charge in [0, 0.05) is 17.0 Å². The molecular weight excluding hydrogens is 471 g/mol. The Morgan fingerprint density at radius 1 is 1.08 bits per heavy atom. The van der Waals surface area contributed by atoms with E-state index in [9.17, 15) is 27.9 Å². The third kappa shape index (κ3) is 4.33. The Morgan fingerprint density at radius 2 is 1.75 bits per heavy atom. The van der Waals surface area contributed by atoms with Gasteiger partial charge >= 0.3 is 12.1 Å². The molecule has 2 aromatic rings. The van der Waals surface area contributed by atoms with Gasteiger partial charge in [-0.15, -0.1) is 0 Å². The lowest BCUT2D eigenvalue weighted by atomic mass is 9.87. The summed E-state index contributed by atoms with van der Waals surface area (Å²) in [5.41, 5.74) is -0.628. The van der Waals surface area contributed by atoms with Gasteiger partial charge in [0.1, 0.15) is 11.9 Å². The molecule has 0 bridgehead atoms. The Balaban J connectivity index is 1.60. The number of nitrogens with zero attached hydrogens (tertiary/aromatic N) is 2. The number of aryl methyl sites for hydroxylation is 1. The Hall–Kier alpha value is -3.10. The summed E-state index contributed by atoms with van der Waals surface area (Å²) in [5, 5.41) is 13.6. The maximum Gasteiger partial charge on any atom is 0.416 e. The Kier molecular flexibility index (Phi) is 6.21. The molecule has 0 radical (unpaired) electrons. The van der Waals surface area contributed by atoms with Crippen molar-refractivity contribution in [1.29, 1.82) is 0 Å². The number of halogens is 3. The molecule has 3 atom stereocenters. The van der Waals surface area contributed by atoms with Crippen molar-refractivity contribution >= 4 is 17.7 Å². The SMILES string of the molecule is Cc1cc(C(F)(F)F)cc(NC2C(c3ccccc3)N(C(=O)C3CCCCC3)C(C(=O)O)C23CC3)n1. The van der Waals surface area contributed by atoms with Gasteiger partial charge in [-0.05, 0) is 50.3 Å². The molecule has 3 fully saturated rings. The predicted molar refractivity (Wildman–Crippen MR) is 127 cm³/mol. The van der Waals surface area contributed by atoms with E-state index in [0.717, 1.165) is 49.8 Å². The van der Waals surface area contributed by atoms with Crippen LogP contribution in [0.5, 0.6) is 0 Å². The Labute approximate surface area is 207 Å². The predicted octanol–water partition coefficient (Wildman–Crippen LogP) is 5.59. The van der Waals surface area contributed by atoms with Gasteiger partial charge in [0.25, 0.3) is 0 Å². The Bertz CT molecular complexity index is 1140. The zero-order valence-corrected chi connectivity index (χ0v) is 20.1. The minimum Gasteiger partial charge on any atom is -0.480 e. The molecule has 1 saturated heterocycles. The quantitative estimate of drug-likeness (QED) is 0.559. The molecule has 2 aliphatic carbocycles.